The van der Waals surface area contributed by atoms with Gasteiger partial charge in [0.05, 0.1) is 0 Å². The van der Waals surface area contributed by atoms with Crippen molar-refractivity contribution >= 4 is 83.5 Å². The first kappa shape index (κ1) is 79.6. The van der Waals surface area contributed by atoms with Crippen LogP contribution in [0.1, 0.15) is 25.0 Å². The van der Waals surface area contributed by atoms with Crippen LogP contribution >= 0.6 is 0 Å². The predicted molar refractivity (Wildman–Crippen MR) is 560 cm³/mol. The van der Waals surface area contributed by atoms with Crippen LogP contribution in [0.15, 0.2) is 516 Å². The summed E-state index contributed by atoms with van der Waals surface area (Å²) in [5.41, 5.74) is 40.6. The molecule has 0 aromatic heterocycles. The van der Waals surface area contributed by atoms with E-state index in [1.54, 1.807) is 0 Å². The number of hydrogen-bond acceptors (Lipinski definition) is 3. The number of para-hydroxylation sites is 3. The van der Waals surface area contributed by atoms with Gasteiger partial charge in [-0.15, -0.1) is 0 Å². The fourth-order valence-corrected chi connectivity index (χ4v) is 20.1. The minimum atomic E-state index is -0.273. The van der Waals surface area contributed by atoms with Gasteiger partial charge in [-0.25, -0.2) is 0 Å². The highest BCUT2D eigenvalue weighted by Crippen LogP contribution is 2.54. The molecule has 0 radical (unpaired) electrons. The summed E-state index contributed by atoms with van der Waals surface area (Å²) < 4.78 is 0. The van der Waals surface area contributed by atoms with Crippen molar-refractivity contribution in [2.24, 2.45) is 0 Å². The van der Waals surface area contributed by atoms with Gasteiger partial charge in [0.15, 0.2) is 0 Å². The summed E-state index contributed by atoms with van der Waals surface area (Å²) in [7, 11) is 0. The summed E-state index contributed by atoms with van der Waals surface area (Å²) >= 11 is 0. The maximum absolute atomic E-state index is 2.47. The zero-order valence-electron chi connectivity index (χ0n) is 73.4. The van der Waals surface area contributed by atoms with Crippen molar-refractivity contribution in [1.29, 1.82) is 0 Å². The molecule has 0 aliphatic heterocycles. The largest absolute Gasteiger partial charge is 0.310 e. The van der Waals surface area contributed by atoms with Gasteiger partial charge in [0.2, 0.25) is 0 Å². The summed E-state index contributed by atoms with van der Waals surface area (Å²) in [5.74, 6) is 0. The quantitative estimate of drug-likeness (QED) is 0.0704. The standard InChI is InChI=1S/C129H91N3/c1-129(2)126-83-101(92-51-49-89(50-52-92)91-59-67-111(68-60-91)132(109-45-22-9-23-46-109)115-73-78-122(125(87-115)97-35-16-6-17-36-97)128-118-47-26-24-37-102(118)81-103-38-25-27-48-119(103)128)63-74-120(126)121-75-64-105(84-127(121)129)117-77-72-114(86-124(117)96-33-14-5-15-34-96)131(108-43-20-8-21-44-108)112-69-61-93(62-70-112)98-39-28-40-99(79-98)100-55-53-94-54-56-104(82-106(94)80-100)116-76-71-113(85-123(116)95-31-12-4-13-32-95)130(107-41-18-7-19-42-107)110-65-57-90(58-66-110)88-29-10-3-11-30-88/h3-87H,1-2H3. The Morgan fingerprint density at radius 2 is 0.394 bits per heavy atom. The van der Waals surface area contributed by atoms with Gasteiger partial charge in [-0.2, -0.15) is 0 Å². The fraction of sp³-hybridized carbons (Fsp3) is 0.0233. The lowest BCUT2D eigenvalue weighted by molar-refractivity contribution is 0.661. The van der Waals surface area contributed by atoms with E-state index in [2.05, 4.69) is 544 Å². The molecule has 0 bridgehead atoms. The first-order chi connectivity index (χ1) is 65.2. The van der Waals surface area contributed by atoms with E-state index in [9.17, 15) is 0 Å². The summed E-state index contributed by atoms with van der Waals surface area (Å²) in [6, 6.07) is 190. The molecule has 622 valence electrons. The molecule has 1 aliphatic rings. The average Bonchev–Trinajstić information content (AvgIpc) is 1.63. The SMILES string of the molecule is CC1(C)c2cc(-c3ccc(-c4ccc(N(c5ccccc5)c5ccc(-c6c7ccccc7cc7ccccc67)c(-c6ccccc6)c5)cc4)cc3)ccc2-c2ccc(-c3ccc(N(c4ccccc4)c4ccc(-c5cccc(-c6ccc7ccc(-c8ccc(N(c9ccccc9)c9ccc(-c%10ccccc%10)cc9)cc8-c8ccccc8)cc7c6)c5)cc4)cc3-c3ccccc3)cc21. The van der Waals surface area contributed by atoms with Gasteiger partial charge in [-0.1, -0.05) is 384 Å². The van der Waals surface area contributed by atoms with E-state index in [-0.39, 0.29) is 5.41 Å². The summed E-state index contributed by atoms with van der Waals surface area (Å²) in [6.45, 7) is 4.80. The molecule has 0 heterocycles. The van der Waals surface area contributed by atoms with E-state index in [0.717, 1.165) is 90.1 Å². The number of nitrogens with zero attached hydrogens (tertiary/aromatic N) is 3. The van der Waals surface area contributed by atoms with Crippen LogP contribution in [0.25, 0.3) is 166 Å². The Bertz CT molecular complexity index is 7970. The lowest BCUT2D eigenvalue weighted by Gasteiger charge is -2.27. The number of benzene rings is 22. The van der Waals surface area contributed by atoms with E-state index in [1.807, 2.05) is 0 Å². The fourth-order valence-electron chi connectivity index (χ4n) is 20.1. The molecule has 0 amide bonds. The number of fused-ring (bicyclic) bond motifs is 6. The number of rotatable bonds is 20. The first-order valence-corrected chi connectivity index (χ1v) is 45.6. The van der Waals surface area contributed by atoms with Crippen molar-refractivity contribution in [2.45, 2.75) is 19.3 Å². The highest BCUT2D eigenvalue weighted by atomic mass is 15.2. The zero-order valence-corrected chi connectivity index (χ0v) is 73.4. The molecular formula is C129H91N3. The van der Waals surface area contributed by atoms with Crippen LogP contribution in [0, 0.1) is 0 Å². The van der Waals surface area contributed by atoms with Gasteiger partial charge in [0.1, 0.15) is 0 Å². The van der Waals surface area contributed by atoms with Gasteiger partial charge >= 0.3 is 0 Å². The van der Waals surface area contributed by atoms with E-state index in [1.165, 1.54) is 138 Å². The van der Waals surface area contributed by atoms with Gasteiger partial charge in [0, 0.05) is 56.6 Å². The third kappa shape index (κ3) is 15.1. The van der Waals surface area contributed by atoms with Crippen LogP contribution in [-0.4, -0.2) is 0 Å². The Kier molecular flexibility index (Phi) is 20.7. The van der Waals surface area contributed by atoms with Gasteiger partial charge < -0.3 is 14.7 Å². The highest BCUT2D eigenvalue weighted by molar-refractivity contribution is 6.15. The summed E-state index contributed by atoms with van der Waals surface area (Å²) in [6.07, 6.45) is 0. The third-order valence-corrected chi connectivity index (χ3v) is 26.8. The van der Waals surface area contributed by atoms with E-state index in [0.29, 0.717) is 0 Å². The van der Waals surface area contributed by atoms with E-state index < -0.39 is 0 Å². The molecule has 23 rings (SSSR count). The van der Waals surface area contributed by atoms with Crippen molar-refractivity contribution in [3.63, 3.8) is 0 Å². The predicted octanol–water partition coefficient (Wildman–Crippen LogP) is 36.2. The number of anilines is 9. The molecule has 132 heavy (non-hydrogen) atoms. The van der Waals surface area contributed by atoms with Crippen LogP contribution in [0.4, 0.5) is 51.2 Å². The van der Waals surface area contributed by atoms with Crippen LogP contribution in [0.3, 0.4) is 0 Å². The third-order valence-electron chi connectivity index (χ3n) is 26.8. The van der Waals surface area contributed by atoms with Crippen LogP contribution in [-0.2, 0) is 5.41 Å². The second kappa shape index (κ2) is 34.3. The number of hydrogen-bond donors (Lipinski definition) is 0. The Labute approximate surface area is 772 Å². The topological polar surface area (TPSA) is 9.72 Å². The maximum atomic E-state index is 2.47. The first-order valence-electron chi connectivity index (χ1n) is 45.6. The monoisotopic (exact) mass is 1680 g/mol. The van der Waals surface area contributed by atoms with Gasteiger partial charge in [-0.3, -0.25) is 0 Å². The minimum absolute atomic E-state index is 0.273. The van der Waals surface area contributed by atoms with Crippen molar-refractivity contribution in [1.82, 2.24) is 0 Å². The Hall–Kier alpha value is -17.0. The molecule has 3 heteroatoms. The summed E-state index contributed by atoms with van der Waals surface area (Å²) in [5, 5.41) is 7.33. The lowest BCUT2D eigenvalue weighted by atomic mass is 9.80. The second-order valence-electron chi connectivity index (χ2n) is 35.1. The molecule has 3 nitrogen and oxygen atoms in total. The van der Waals surface area contributed by atoms with Crippen LogP contribution in [0.2, 0.25) is 0 Å². The van der Waals surface area contributed by atoms with Crippen molar-refractivity contribution in [3.05, 3.63) is 527 Å². The Balaban J connectivity index is 0.508. The molecule has 1 aliphatic carbocycles. The molecule has 0 N–H and O–H groups in total. The molecule has 0 unspecified atom stereocenters. The maximum Gasteiger partial charge on any atom is 0.0468 e. The summed E-state index contributed by atoms with van der Waals surface area (Å²) in [4.78, 5) is 7.14. The second-order valence-corrected chi connectivity index (χ2v) is 35.1. The molecule has 0 saturated heterocycles. The molecule has 0 atom stereocenters. The molecule has 0 spiro atoms. The van der Waals surface area contributed by atoms with Crippen LogP contribution < -0.4 is 14.7 Å². The van der Waals surface area contributed by atoms with Gasteiger partial charge in [-0.05, 0) is 323 Å². The highest BCUT2D eigenvalue weighted by Gasteiger charge is 2.37. The normalized spacial score (nSPS) is 11.9. The Morgan fingerprint density at radius 1 is 0.136 bits per heavy atom. The van der Waals surface area contributed by atoms with Crippen molar-refractivity contribution in [3.8, 4) is 134 Å². The van der Waals surface area contributed by atoms with E-state index in [4.69, 9.17) is 0 Å². The average molecular weight is 1680 g/mol. The molecule has 0 fully saturated rings. The molecule has 22 aromatic carbocycles. The van der Waals surface area contributed by atoms with Gasteiger partial charge in [0.25, 0.3) is 0 Å². The Morgan fingerprint density at radius 3 is 0.826 bits per heavy atom. The smallest absolute Gasteiger partial charge is 0.0468 e. The van der Waals surface area contributed by atoms with Crippen LogP contribution in [0.5, 0.6) is 0 Å². The van der Waals surface area contributed by atoms with Crippen molar-refractivity contribution in [2.75, 3.05) is 14.7 Å². The van der Waals surface area contributed by atoms with E-state index >= 15 is 0 Å². The molecule has 0 saturated carbocycles. The van der Waals surface area contributed by atoms with Crippen molar-refractivity contribution < 1.29 is 0 Å². The molecule has 22 aromatic rings. The zero-order chi connectivity index (χ0) is 88.0. The molecular weight excluding hydrogens is 1590 g/mol. The lowest BCUT2D eigenvalue weighted by Crippen LogP contribution is -2.15. The minimum Gasteiger partial charge on any atom is -0.310 e.